The van der Waals surface area contributed by atoms with Crippen LogP contribution in [0.2, 0.25) is 0 Å². The lowest BCUT2D eigenvalue weighted by Crippen LogP contribution is -2.05. The molecule has 5 rings (SSSR count). The molecule has 1 aromatic heterocycles. The van der Waals surface area contributed by atoms with Gasteiger partial charge in [-0.05, 0) is 35.9 Å². The maximum atomic E-state index is 13.0. The van der Waals surface area contributed by atoms with Gasteiger partial charge >= 0.3 is 5.63 Å². The Morgan fingerprint density at radius 3 is 2.74 bits per heavy atom. The second-order valence-electron chi connectivity index (χ2n) is 6.36. The van der Waals surface area contributed by atoms with E-state index in [1.165, 1.54) is 23.9 Å². The number of nitrogens with zero attached hydrogens (tertiary/aromatic N) is 2. The highest BCUT2D eigenvalue weighted by Crippen LogP contribution is 2.34. The molecule has 6 heteroatoms. The van der Waals surface area contributed by atoms with Gasteiger partial charge in [-0.15, -0.1) is 0 Å². The molecule has 1 atom stereocenters. The van der Waals surface area contributed by atoms with Crippen molar-refractivity contribution in [3.05, 3.63) is 88.0 Å². The van der Waals surface area contributed by atoms with Crippen LogP contribution in [-0.4, -0.2) is 16.1 Å². The highest BCUT2D eigenvalue weighted by atomic mass is 32.2. The Balaban J connectivity index is 1.42. The lowest BCUT2D eigenvalue weighted by Gasteiger charge is -2.02. The quantitative estimate of drug-likeness (QED) is 0.635. The Hall–Kier alpha value is -2.99. The van der Waals surface area contributed by atoms with Gasteiger partial charge in [-0.2, -0.15) is 0 Å². The van der Waals surface area contributed by atoms with Crippen molar-refractivity contribution in [2.75, 3.05) is 0 Å². The first kappa shape index (κ1) is 16.2. The number of aliphatic imine (C=N–C) groups is 2. The summed E-state index contributed by atoms with van der Waals surface area (Å²) in [5.41, 5.74) is 2.22. The molecule has 0 radical (unpaired) electrons. The number of hydrogen-bond donors (Lipinski definition) is 0. The van der Waals surface area contributed by atoms with Crippen molar-refractivity contribution in [1.82, 2.24) is 0 Å². The van der Waals surface area contributed by atoms with Gasteiger partial charge in [-0.3, -0.25) is 4.99 Å². The maximum absolute atomic E-state index is 13.0. The zero-order valence-electron chi connectivity index (χ0n) is 14.1. The number of hydrogen-bond acceptors (Lipinski definition) is 5. The van der Waals surface area contributed by atoms with Gasteiger partial charge in [0.1, 0.15) is 22.5 Å². The number of halogens is 1. The zero-order valence-corrected chi connectivity index (χ0v) is 14.9. The van der Waals surface area contributed by atoms with Crippen LogP contribution < -0.4 is 5.63 Å². The van der Waals surface area contributed by atoms with E-state index in [1.54, 1.807) is 18.2 Å². The van der Waals surface area contributed by atoms with Gasteiger partial charge in [0, 0.05) is 11.8 Å². The fourth-order valence-corrected chi connectivity index (χ4v) is 4.20. The SMILES string of the molecule is O=c1oc2ccccc2cc1C1=C[C@@H]2N=C(Cc3ccc(F)cc3)SC2=N1. The Bertz CT molecular complexity index is 1210. The normalized spacial score (nSPS) is 18.3. The van der Waals surface area contributed by atoms with Crippen LogP contribution in [0.3, 0.4) is 0 Å². The first-order valence-electron chi connectivity index (χ1n) is 8.48. The van der Waals surface area contributed by atoms with Crippen LogP contribution in [0, 0.1) is 5.82 Å². The van der Waals surface area contributed by atoms with Crippen LogP contribution in [0.4, 0.5) is 4.39 Å². The third kappa shape index (κ3) is 3.02. The molecule has 0 aliphatic carbocycles. The molecule has 4 nitrogen and oxygen atoms in total. The molecule has 0 amide bonds. The minimum atomic E-state index is -0.398. The van der Waals surface area contributed by atoms with E-state index in [2.05, 4.69) is 9.98 Å². The average Bonchev–Trinajstić information content (AvgIpc) is 3.21. The van der Waals surface area contributed by atoms with E-state index in [-0.39, 0.29) is 11.9 Å². The number of fused-ring (bicyclic) bond motifs is 2. The molecule has 3 heterocycles. The summed E-state index contributed by atoms with van der Waals surface area (Å²) < 4.78 is 18.4. The average molecular weight is 376 g/mol. The van der Waals surface area contributed by atoms with Crippen LogP contribution >= 0.6 is 11.8 Å². The first-order valence-corrected chi connectivity index (χ1v) is 9.30. The largest absolute Gasteiger partial charge is 0.422 e. The van der Waals surface area contributed by atoms with Crippen molar-refractivity contribution in [2.45, 2.75) is 12.5 Å². The molecule has 0 saturated heterocycles. The summed E-state index contributed by atoms with van der Waals surface area (Å²) in [4.78, 5) is 21.6. The summed E-state index contributed by atoms with van der Waals surface area (Å²) in [6, 6.07) is 15.5. The summed E-state index contributed by atoms with van der Waals surface area (Å²) in [6.45, 7) is 0. The molecule has 0 unspecified atom stereocenters. The summed E-state index contributed by atoms with van der Waals surface area (Å²) in [6.07, 6.45) is 2.53. The molecule has 132 valence electrons. The summed E-state index contributed by atoms with van der Waals surface area (Å²) in [5.74, 6) is -0.247. The Kier molecular flexibility index (Phi) is 3.79. The molecule has 2 aliphatic heterocycles. The number of rotatable bonds is 3. The minimum absolute atomic E-state index is 0.161. The lowest BCUT2D eigenvalue weighted by molar-refractivity contribution is 0.558. The molecule has 0 saturated carbocycles. The third-order valence-electron chi connectivity index (χ3n) is 4.49. The second kappa shape index (κ2) is 6.32. The van der Waals surface area contributed by atoms with Crippen LogP contribution in [0.25, 0.3) is 16.7 Å². The molecule has 3 aromatic rings. The molecular formula is C21H13FN2O2S. The van der Waals surface area contributed by atoms with Crippen molar-refractivity contribution in [3.63, 3.8) is 0 Å². The van der Waals surface area contributed by atoms with Crippen molar-refractivity contribution in [2.24, 2.45) is 9.98 Å². The maximum Gasteiger partial charge on any atom is 0.345 e. The zero-order chi connectivity index (χ0) is 18.4. The van der Waals surface area contributed by atoms with Gasteiger partial charge in [-0.1, -0.05) is 42.1 Å². The van der Waals surface area contributed by atoms with Crippen molar-refractivity contribution in [1.29, 1.82) is 0 Å². The summed E-state index contributed by atoms with van der Waals surface area (Å²) >= 11 is 1.51. The van der Waals surface area contributed by atoms with E-state index < -0.39 is 5.63 Å². The van der Waals surface area contributed by atoms with Gasteiger partial charge in [-0.25, -0.2) is 14.2 Å². The monoisotopic (exact) mass is 376 g/mol. The summed E-state index contributed by atoms with van der Waals surface area (Å²) in [7, 11) is 0. The van der Waals surface area contributed by atoms with Gasteiger partial charge < -0.3 is 4.42 Å². The molecule has 0 bridgehead atoms. The topological polar surface area (TPSA) is 54.9 Å². The predicted molar refractivity (Wildman–Crippen MR) is 107 cm³/mol. The van der Waals surface area contributed by atoms with E-state index in [0.29, 0.717) is 23.3 Å². The van der Waals surface area contributed by atoms with E-state index in [1.807, 2.05) is 30.3 Å². The summed E-state index contributed by atoms with van der Waals surface area (Å²) in [5, 5.41) is 2.65. The van der Waals surface area contributed by atoms with Gasteiger partial charge in [0.15, 0.2) is 0 Å². The fraction of sp³-hybridized carbons (Fsp3) is 0.0952. The molecule has 2 aliphatic rings. The molecule has 2 aromatic carbocycles. The number of thioether (sulfide) groups is 1. The number of para-hydroxylation sites is 1. The highest BCUT2D eigenvalue weighted by Gasteiger charge is 2.30. The molecule has 0 spiro atoms. The number of benzene rings is 2. The predicted octanol–water partition coefficient (Wildman–Crippen LogP) is 4.44. The second-order valence-corrected chi connectivity index (χ2v) is 7.45. The fourth-order valence-electron chi connectivity index (χ4n) is 3.17. The van der Waals surface area contributed by atoms with Crippen molar-refractivity contribution < 1.29 is 8.81 Å². The van der Waals surface area contributed by atoms with Gasteiger partial charge in [0.2, 0.25) is 0 Å². The van der Waals surface area contributed by atoms with Gasteiger partial charge in [0.25, 0.3) is 0 Å². The van der Waals surface area contributed by atoms with E-state index >= 15 is 0 Å². The minimum Gasteiger partial charge on any atom is -0.422 e. The highest BCUT2D eigenvalue weighted by molar-refractivity contribution is 8.27. The Morgan fingerprint density at radius 2 is 1.93 bits per heavy atom. The van der Waals surface area contributed by atoms with Crippen LogP contribution in [0.1, 0.15) is 11.1 Å². The smallest absolute Gasteiger partial charge is 0.345 e. The Morgan fingerprint density at radius 1 is 1.11 bits per heavy atom. The van der Waals surface area contributed by atoms with E-state index in [0.717, 1.165) is 21.0 Å². The van der Waals surface area contributed by atoms with E-state index in [9.17, 15) is 9.18 Å². The first-order chi connectivity index (χ1) is 13.2. The van der Waals surface area contributed by atoms with Crippen LogP contribution in [0.5, 0.6) is 0 Å². The molecule has 27 heavy (non-hydrogen) atoms. The van der Waals surface area contributed by atoms with Crippen LogP contribution in [0.15, 0.2) is 79.9 Å². The molecular weight excluding hydrogens is 363 g/mol. The third-order valence-corrected chi connectivity index (χ3v) is 5.52. The van der Waals surface area contributed by atoms with Crippen LogP contribution in [-0.2, 0) is 6.42 Å². The molecule has 0 N–H and O–H groups in total. The van der Waals surface area contributed by atoms with E-state index in [4.69, 9.17) is 4.42 Å². The lowest BCUT2D eigenvalue weighted by atomic mass is 10.1. The molecule has 0 fully saturated rings. The van der Waals surface area contributed by atoms with Crippen molar-refractivity contribution in [3.8, 4) is 0 Å². The van der Waals surface area contributed by atoms with Crippen molar-refractivity contribution >= 4 is 38.5 Å². The standard InChI is InChI=1S/C21H13FN2O2S/c22-14-7-5-12(6-8-14)9-19-23-17-11-16(24-20(17)27-19)15-10-13-3-1-2-4-18(13)26-21(15)25/h1-8,10-11,17H,9H2/t17-/m0/s1. The van der Waals surface area contributed by atoms with Gasteiger partial charge in [0.05, 0.1) is 16.3 Å². The Labute approximate surface area is 158 Å².